The lowest BCUT2D eigenvalue weighted by atomic mass is 9.53. The zero-order chi connectivity index (χ0) is 17.4. The van der Waals surface area contributed by atoms with E-state index in [1.165, 1.54) is 5.56 Å². The van der Waals surface area contributed by atoms with Gasteiger partial charge in [0.1, 0.15) is 0 Å². The van der Waals surface area contributed by atoms with Crippen LogP contribution in [0.1, 0.15) is 30.4 Å². The van der Waals surface area contributed by atoms with Gasteiger partial charge in [-0.3, -0.25) is 4.79 Å². The van der Waals surface area contributed by atoms with Crippen LogP contribution in [0.2, 0.25) is 0 Å². The summed E-state index contributed by atoms with van der Waals surface area (Å²) >= 11 is 0. The van der Waals surface area contributed by atoms with Crippen LogP contribution in [0.4, 0.5) is 11.4 Å². The molecule has 1 saturated carbocycles. The van der Waals surface area contributed by atoms with Crippen molar-refractivity contribution in [3.05, 3.63) is 59.7 Å². The molecule has 3 unspecified atom stereocenters. The van der Waals surface area contributed by atoms with Crippen LogP contribution < -0.4 is 16.8 Å². The molecule has 4 nitrogen and oxygen atoms in total. The van der Waals surface area contributed by atoms with Crippen molar-refractivity contribution >= 4 is 17.3 Å². The fourth-order valence-corrected chi connectivity index (χ4v) is 4.71. The summed E-state index contributed by atoms with van der Waals surface area (Å²) in [5.41, 5.74) is 16.0. The maximum Gasteiger partial charge on any atom is 0.226 e. The number of carbonyl (C=O) groups is 1. The Balaban J connectivity index is 1.61. The molecular formula is C21H25N3O. The molecule has 1 heterocycles. The summed E-state index contributed by atoms with van der Waals surface area (Å²) < 4.78 is 0. The summed E-state index contributed by atoms with van der Waals surface area (Å²) in [5, 5.41) is 3.62. The van der Waals surface area contributed by atoms with Crippen LogP contribution in [-0.2, 0) is 17.6 Å². The predicted octanol–water partition coefficient (Wildman–Crippen LogP) is 3.12. The Kier molecular flexibility index (Phi) is 3.91. The Morgan fingerprint density at radius 1 is 1.12 bits per heavy atom. The van der Waals surface area contributed by atoms with E-state index in [9.17, 15) is 4.79 Å². The maximum atomic E-state index is 12.6. The smallest absolute Gasteiger partial charge is 0.226 e. The molecule has 0 radical (unpaired) electrons. The van der Waals surface area contributed by atoms with Crippen molar-refractivity contribution in [1.29, 1.82) is 0 Å². The van der Waals surface area contributed by atoms with Gasteiger partial charge in [-0.05, 0) is 61.3 Å². The van der Waals surface area contributed by atoms with Gasteiger partial charge in [-0.25, -0.2) is 0 Å². The van der Waals surface area contributed by atoms with E-state index in [1.54, 1.807) is 0 Å². The Bertz CT molecular complexity index is 803. The molecule has 0 spiro atoms. The second-order valence-electron chi connectivity index (χ2n) is 7.44. The quantitative estimate of drug-likeness (QED) is 0.751. The molecule has 2 aliphatic rings. The van der Waals surface area contributed by atoms with E-state index in [1.807, 2.05) is 24.3 Å². The lowest BCUT2D eigenvalue weighted by Crippen LogP contribution is -2.61. The number of nitrogens with two attached hydrogens (primary N) is 2. The summed E-state index contributed by atoms with van der Waals surface area (Å²) in [4.78, 5) is 12.6. The van der Waals surface area contributed by atoms with E-state index in [-0.39, 0.29) is 17.9 Å². The maximum absolute atomic E-state index is 12.6. The summed E-state index contributed by atoms with van der Waals surface area (Å²) in [5.74, 6) is 0.0765. The summed E-state index contributed by atoms with van der Waals surface area (Å²) in [7, 11) is 0. The molecule has 4 heteroatoms. The molecule has 0 saturated heterocycles. The molecule has 2 aromatic carbocycles. The zero-order valence-corrected chi connectivity index (χ0v) is 14.4. The third-order valence-corrected chi connectivity index (χ3v) is 6.29. The molecule has 1 fully saturated rings. The first-order valence-corrected chi connectivity index (χ1v) is 9.09. The van der Waals surface area contributed by atoms with E-state index < -0.39 is 5.41 Å². The average Bonchev–Trinajstić information content (AvgIpc) is 2.60. The number of hydrogen-bond acceptors (Lipinski definition) is 3. The zero-order valence-electron chi connectivity index (χ0n) is 14.4. The summed E-state index contributed by atoms with van der Waals surface area (Å²) in [6, 6.07) is 16.4. The van der Waals surface area contributed by atoms with Crippen LogP contribution >= 0.6 is 0 Å². The molecular weight excluding hydrogens is 310 g/mol. The minimum Gasteiger partial charge on any atom is -0.399 e. The van der Waals surface area contributed by atoms with Crippen molar-refractivity contribution < 1.29 is 4.79 Å². The van der Waals surface area contributed by atoms with E-state index in [2.05, 4.69) is 29.6 Å². The number of anilines is 2. The second kappa shape index (κ2) is 6.10. The van der Waals surface area contributed by atoms with Gasteiger partial charge in [-0.15, -0.1) is 0 Å². The van der Waals surface area contributed by atoms with Gasteiger partial charge in [0, 0.05) is 17.4 Å². The van der Waals surface area contributed by atoms with E-state index >= 15 is 0 Å². The number of benzene rings is 2. The first-order chi connectivity index (χ1) is 12.1. The summed E-state index contributed by atoms with van der Waals surface area (Å²) in [6.07, 6.45) is 4.63. The third kappa shape index (κ3) is 2.56. The number of carbonyl (C=O) groups excluding carboxylic acids is 1. The molecule has 2 aromatic rings. The van der Waals surface area contributed by atoms with Crippen LogP contribution in [0.3, 0.4) is 0 Å². The van der Waals surface area contributed by atoms with Gasteiger partial charge >= 0.3 is 0 Å². The molecule has 1 aliphatic heterocycles. The molecule has 25 heavy (non-hydrogen) atoms. The first kappa shape index (κ1) is 16.0. The van der Waals surface area contributed by atoms with Crippen LogP contribution in [0, 0.1) is 11.3 Å². The van der Waals surface area contributed by atoms with Gasteiger partial charge in [-0.2, -0.15) is 0 Å². The van der Waals surface area contributed by atoms with Gasteiger partial charge in [-0.1, -0.05) is 36.4 Å². The van der Waals surface area contributed by atoms with Crippen LogP contribution in [0.25, 0.3) is 0 Å². The van der Waals surface area contributed by atoms with E-state index in [0.717, 1.165) is 49.0 Å². The van der Waals surface area contributed by atoms with Crippen molar-refractivity contribution in [3.63, 3.8) is 0 Å². The molecule has 130 valence electrons. The van der Waals surface area contributed by atoms with Crippen molar-refractivity contribution in [1.82, 2.24) is 0 Å². The number of amides is 1. The molecule has 0 bridgehead atoms. The molecule has 5 N–H and O–H groups in total. The number of nitrogen functional groups attached to an aromatic ring is 1. The predicted molar refractivity (Wildman–Crippen MR) is 101 cm³/mol. The van der Waals surface area contributed by atoms with Crippen molar-refractivity contribution in [2.45, 2.75) is 38.1 Å². The minimum absolute atomic E-state index is 0.101. The highest BCUT2D eigenvalue weighted by Crippen LogP contribution is 2.53. The number of aryl methyl sites for hydroxylation is 1. The van der Waals surface area contributed by atoms with Gasteiger partial charge in [0.05, 0.1) is 5.41 Å². The van der Waals surface area contributed by atoms with Crippen LogP contribution in [-0.4, -0.2) is 11.9 Å². The topological polar surface area (TPSA) is 81.1 Å². The second-order valence-corrected chi connectivity index (χ2v) is 7.44. The third-order valence-electron chi connectivity index (χ3n) is 6.29. The van der Waals surface area contributed by atoms with Crippen LogP contribution in [0.5, 0.6) is 0 Å². The van der Waals surface area contributed by atoms with Crippen molar-refractivity contribution in [2.24, 2.45) is 17.1 Å². The number of fused-ring (bicyclic) bond motifs is 1. The van der Waals surface area contributed by atoms with E-state index in [4.69, 9.17) is 11.5 Å². The fraction of sp³-hybridized carbons (Fsp3) is 0.381. The normalized spacial score (nSPS) is 27.7. The molecule has 1 amide bonds. The van der Waals surface area contributed by atoms with Crippen LogP contribution in [0.15, 0.2) is 48.5 Å². The average molecular weight is 335 g/mol. The highest BCUT2D eigenvalue weighted by molar-refractivity contribution is 5.84. The highest BCUT2D eigenvalue weighted by atomic mass is 16.1. The molecule has 1 aliphatic carbocycles. The van der Waals surface area contributed by atoms with Gasteiger partial charge in [0.25, 0.3) is 0 Å². The fourth-order valence-electron chi connectivity index (χ4n) is 4.71. The van der Waals surface area contributed by atoms with Gasteiger partial charge in [0.15, 0.2) is 0 Å². The number of nitrogens with one attached hydrogen (secondary N) is 1. The molecule has 3 atom stereocenters. The standard InChI is InChI=1S/C21H25N3O/c22-17-7-3-1-6-15(17)13-16-11-12-21(16,20(23)25)19-10-9-14-5-2-4-8-18(14)24-19/h1-8,16,19,24H,9-13,22H2,(H2,23,25). The SMILES string of the molecule is NC(=O)C1(C2CCc3ccccc3N2)CCC1Cc1ccccc1N. The first-order valence-electron chi connectivity index (χ1n) is 9.09. The minimum atomic E-state index is -0.476. The largest absolute Gasteiger partial charge is 0.399 e. The number of para-hydroxylation sites is 2. The lowest BCUT2D eigenvalue weighted by molar-refractivity contribution is -0.140. The number of primary amides is 1. The summed E-state index contributed by atoms with van der Waals surface area (Å²) in [6.45, 7) is 0. The van der Waals surface area contributed by atoms with E-state index in [0.29, 0.717) is 0 Å². The Morgan fingerprint density at radius 2 is 1.88 bits per heavy atom. The van der Waals surface area contributed by atoms with Gasteiger partial charge in [0.2, 0.25) is 5.91 Å². The lowest BCUT2D eigenvalue weighted by Gasteiger charge is -2.53. The molecule has 4 rings (SSSR count). The molecule has 0 aromatic heterocycles. The number of hydrogen-bond donors (Lipinski definition) is 3. The Hall–Kier alpha value is -2.49. The van der Waals surface area contributed by atoms with Crippen molar-refractivity contribution in [2.75, 3.05) is 11.1 Å². The number of rotatable bonds is 4. The highest BCUT2D eigenvalue weighted by Gasteiger charge is 2.56. The Morgan fingerprint density at radius 3 is 2.60 bits per heavy atom. The monoisotopic (exact) mass is 335 g/mol. The van der Waals surface area contributed by atoms with Crippen molar-refractivity contribution in [3.8, 4) is 0 Å². The van der Waals surface area contributed by atoms with Gasteiger partial charge < -0.3 is 16.8 Å². The Labute approximate surface area is 148 Å².